The first-order valence-corrected chi connectivity index (χ1v) is 17.3. The maximum Gasteiger partial charge on any atom is 3.00 e. The van der Waals surface area contributed by atoms with E-state index in [9.17, 15) is 39.6 Å². The smallest absolute Gasteiger partial charge is 0.872 e. The molecule has 0 spiro atoms. The van der Waals surface area contributed by atoms with Gasteiger partial charge in [-0.25, -0.2) is 0 Å². The minimum absolute atomic E-state index is 0. The molecule has 0 aliphatic carbocycles. The number of piperidine rings is 1. The van der Waals surface area contributed by atoms with Gasteiger partial charge in [0.1, 0.15) is 0 Å². The van der Waals surface area contributed by atoms with Gasteiger partial charge in [0.25, 0.3) is 0 Å². The summed E-state index contributed by atoms with van der Waals surface area (Å²) >= 11 is 0. The zero-order valence-electron chi connectivity index (χ0n) is 31.5. The van der Waals surface area contributed by atoms with Crippen molar-refractivity contribution in [3.8, 4) is 0 Å². The quantitative estimate of drug-likeness (QED) is 0.195. The molecular weight excluding hydrogens is 834 g/mol. The van der Waals surface area contributed by atoms with E-state index in [1.807, 2.05) is 24.3 Å². The molecule has 0 aromatic heterocycles. The van der Waals surface area contributed by atoms with Crippen molar-refractivity contribution < 1.29 is 89.0 Å². The molecule has 1 aliphatic heterocycles. The summed E-state index contributed by atoms with van der Waals surface area (Å²) in [5.41, 5.74) is 2.20. The zero-order chi connectivity index (χ0) is 40.1. The molecule has 10 heteroatoms. The van der Waals surface area contributed by atoms with Crippen molar-refractivity contribution >= 4 is 46.2 Å². The summed E-state index contributed by atoms with van der Waals surface area (Å²) in [5.74, 6) is -1.81. The predicted octanol–water partition coefficient (Wildman–Crippen LogP) is 4.67. The van der Waals surface area contributed by atoms with Crippen LogP contribution in [0.4, 0.5) is 0 Å². The van der Waals surface area contributed by atoms with Gasteiger partial charge in [0, 0.05) is 0 Å². The summed E-state index contributed by atoms with van der Waals surface area (Å²) < 4.78 is 0. The third-order valence-corrected chi connectivity index (χ3v) is 6.78. The largest absolute Gasteiger partial charge is 3.00 e. The van der Waals surface area contributed by atoms with Gasteiger partial charge in [-0.1, -0.05) is 151 Å². The fourth-order valence-electron chi connectivity index (χ4n) is 4.28. The van der Waals surface area contributed by atoms with Gasteiger partial charge in [0.15, 0.2) is 23.1 Å². The summed E-state index contributed by atoms with van der Waals surface area (Å²) in [7, 11) is 0. The van der Waals surface area contributed by atoms with Gasteiger partial charge in [-0.2, -0.15) is 0 Å². The van der Waals surface area contributed by atoms with E-state index in [2.05, 4.69) is 5.32 Å². The van der Waals surface area contributed by atoms with E-state index in [0.717, 1.165) is 24.3 Å². The number of hydrogen-bond donors (Lipinski definition) is 1. The van der Waals surface area contributed by atoms with E-state index >= 15 is 0 Å². The van der Waals surface area contributed by atoms with Crippen LogP contribution in [0.3, 0.4) is 0 Å². The molecule has 0 amide bonds. The third kappa shape index (κ3) is 25.8. The Kier molecular flexibility index (Phi) is 27.9. The summed E-state index contributed by atoms with van der Waals surface area (Å²) in [6.07, 6.45) is 8.59. The Bertz CT molecular complexity index is 1560. The van der Waals surface area contributed by atoms with Crippen molar-refractivity contribution in [2.45, 2.75) is 47.0 Å². The van der Waals surface area contributed by atoms with Crippen LogP contribution in [0.2, 0.25) is 0 Å². The van der Waals surface area contributed by atoms with Gasteiger partial charge >= 0.3 is 49.4 Å². The average Bonchev–Trinajstić information content (AvgIpc) is 3.17. The number of carbonyl (C=O) groups is 4. The third-order valence-electron chi connectivity index (χ3n) is 6.78. The summed E-state index contributed by atoms with van der Waals surface area (Å²) in [6.45, 7) is 7.95. The van der Waals surface area contributed by atoms with Crippen molar-refractivity contribution in [2.75, 3.05) is 13.1 Å². The van der Waals surface area contributed by atoms with Crippen molar-refractivity contribution in [3.63, 3.8) is 0 Å². The number of allylic oxidation sites excluding steroid dienone is 4. The number of nitrogens with one attached hydrogen (secondary N) is 1. The molecule has 1 N–H and O–H groups in total. The van der Waals surface area contributed by atoms with Crippen LogP contribution in [0, 0.1) is 49.4 Å². The first-order valence-electron chi connectivity index (χ1n) is 17.3. The van der Waals surface area contributed by atoms with Gasteiger partial charge in [-0.15, -0.1) is 0 Å². The summed E-state index contributed by atoms with van der Waals surface area (Å²) in [4.78, 5) is 42.2. The molecule has 0 radical (unpaired) electrons. The molecule has 1 fully saturated rings. The molecule has 0 bridgehead atoms. The van der Waals surface area contributed by atoms with Crippen LogP contribution in [0.15, 0.2) is 146 Å². The predicted molar refractivity (Wildman–Crippen MR) is 207 cm³/mol. The number of ketones is 4. The fourth-order valence-corrected chi connectivity index (χ4v) is 4.28. The van der Waals surface area contributed by atoms with Crippen molar-refractivity contribution in [1.82, 2.24) is 5.32 Å². The molecule has 4 aromatic rings. The number of carbonyl (C=O) groups excluding carboxylic acids is 4. The molecule has 4 aromatic carbocycles. The maximum atomic E-state index is 11.2. The van der Waals surface area contributed by atoms with Crippen LogP contribution >= 0.6 is 0 Å². The minimum atomic E-state index is -0.233. The van der Waals surface area contributed by atoms with E-state index in [-0.39, 0.29) is 95.5 Å². The van der Waals surface area contributed by atoms with Gasteiger partial charge in [-0.3, -0.25) is 19.2 Å². The molecule has 5 rings (SSSR count). The SMILES string of the molecule is C1CCNCC1.CC(=O)/C=C(\[O-])c1ccccc1.CC(=O)/C=C(\[O-])c1ccccc1.CC(=O)/C=C(\[O-])c1ccccc1.CC(=O)/C=C(\[O-])c1ccccc1.[Eu+3]. The Labute approximate surface area is 365 Å². The molecule has 1 aliphatic rings. The molecule has 9 nitrogen and oxygen atoms in total. The second kappa shape index (κ2) is 30.6. The van der Waals surface area contributed by atoms with Crippen LogP contribution in [-0.2, 0) is 19.2 Å². The first kappa shape index (κ1) is 50.3. The van der Waals surface area contributed by atoms with Crippen LogP contribution in [0.1, 0.15) is 69.2 Å². The van der Waals surface area contributed by atoms with Crippen LogP contribution < -0.4 is 25.7 Å². The normalized spacial score (nSPS) is 12.4. The molecular formula is C45H47EuNO8-. The van der Waals surface area contributed by atoms with E-state index < -0.39 is 0 Å². The molecule has 0 saturated carbocycles. The number of rotatable bonds is 8. The Morgan fingerprint density at radius 1 is 0.400 bits per heavy atom. The van der Waals surface area contributed by atoms with Crippen molar-refractivity contribution in [2.24, 2.45) is 0 Å². The van der Waals surface area contributed by atoms with Crippen LogP contribution in [-0.4, -0.2) is 36.2 Å². The fraction of sp³-hybridized carbons (Fsp3) is 0.200. The van der Waals surface area contributed by atoms with E-state index in [1.54, 1.807) is 97.1 Å². The van der Waals surface area contributed by atoms with E-state index in [4.69, 9.17) is 0 Å². The number of benzene rings is 4. The van der Waals surface area contributed by atoms with Crippen molar-refractivity contribution in [3.05, 3.63) is 168 Å². The minimum Gasteiger partial charge on any atom is -0.872 e. The molecule has 288 valence electrons. The van der Waals surface area contributed by atoms with Crippen LogP contribution in [0.5, 0.6) is 0 Å². The molecule has 0 unspecified atom stereocenters. The second-order valence-corrected chi connectivity index (χ2v) is 11.8. The standard InChI is InChI=1S/4C10H10O2.C5H11N.Eu/c4*1-8(11)7-10(12)9-5-3-2-4-6-9;1-2-4-6-5-3-1;/h4*2-7,12H,1H3;6H,1-5H2;/q;;;;;+3/p-4/b4*10-7-;;. The van der Waals surface area contributed by atoms with Crippen LogP contribution in [0.25, 0.3) is 23.0 Å². The molecule has 55 heavy (non-hydrogen) atoms. The summed E-state index contributed by atoms with van der Waals surface area (Å²) in [5, 5.41) is 48.0. The van der Waals surface area contributed by atoms with Gasteiger partial charge in [0.05, 0.1) is 0 Å². The zero-order valence-corrected chi connectivity index (χ0v) is 34.0. The van der Waals surface area contributed by atoms with E-state index in [1.165, 1.54) is 60.0 Å². The first-order chi connectivity index (χ1) is 25.8. The molecule has 1 heterocycles. The maximum absolute atomic E-state index is 11.2. The van der Waals surface area contributed by atoms with E-state index in [0.29, 0.717) is 22.3 Å². The Morgan fingerprint density at radius 2 is 0.600 bits per heavy atom. The topological polar surface area (TPSA) is 173 Å². The summed E-state index contributed by atoms with van der Waals surface area (Å²) in [6, 6.07) is 34.9. The Hall–Kier alpha value is -4.74. The van der Waals surface area contributed by atoms with Gasteiger partial charge < -0.3 is 25.7 Å². The van der Waals surface area contributed by atoms with Crippen molar-refractivity contribution in [1.29, 1.82) is 0 Å². The Balaban J connectivity index is 0.000000669. The monoisotopic (exact) mass is 882 g/mol. The van der Waals surface area contributed by atoms with Gasteiger partial charge in [0.2, 0.25) is 0 Å². The number of hydrogen-bond acceptors (Lipinski definition) is 9. The molecule has 1 saturated heterocycles. The second-order valence-electron chi connectivity index (χ2n) is 11.8. The Morgan fingerprint density at radius 3 is 0.727 bits per heavy atom. The average molecular weight is 882 g/mol. The van der Waals surface area contributed by atoms with Gasteiger partial charge in [-0.05, 0) is 100 Å². The molecule has 0 atom stereocenters.